The van der Waals surface area contributed by atoms with Gasteiger partial charge >= 0.3 is 0 Å². The van der Waals surface area contributed by atoms with Gasteiger partial charge in [0.2, 0.25) is 0 Å². The molecule has 4 nitrogen and oxygen atoms in total. The normalized spacial score (nSPS) is 15.2. The van der Waals surface area contributed by atoms with E-state index in [1.54, 1.807) is 31.2 Å². The summed E-state index contributed by atoms with van der Waals surface area (Å²) >= 11 is 0. The zero-order valence-electron chi connectivity index (χ0n) is 11.4. The second kappa shape index (κ2) is 7.03. The van der Waals surface area contributed by atoms with Crippen molar-refractivity contribution in [3.8, 4) is 0 Å². The van der Waals surface area contributed by atoms with Gasteiger partial charge in [-0.3, -0.25) is 0 Å². The number of sulfone groups is 1. The lowest BCUT2D eigenvalue weighted by molar-refractivity contribution is 0.0817. The number of benzene rings is 1. The first-order valence-corrected chi connectivity index (χ1v) is 8.21. The molecule has 108 valence electrons. The molecular formula is C14H22O4S. The van der Waals surface area contributed by atoms with Crippen molar-refractivity contribution < 1.29 is 18.6 Å². The van der Waals surface area contributed by atoms with Crippen molar-refractivity contribution in [2.24, 2.45) is 0 Å². The Labute approximate surface area is 115 Å². The van der Waals surface area contributed by atoms with Crippen molar-refractivity contribution >= 4 is 9.84 Å². The van der Waals surface area contributed by atoms with Crippen LogP contribution in [-0.2, 0) is 9.84 Å². The third-order valence-electron chi connectivity index (χ3n) is 3.35. The maximum Gasteiger partial charge on any atom is 0.178 e. The minimum atomic E-state index is -3.16. The van der Waals surface area contributed by atoms with Crippen LogP contribution in [0.1, 0.15) is 38.2 Å². The Morgan fingerprint density at radius 2 is 1.74 bits per heavy atom. The first-order chi connectivity index (χ1) is 8.94. The molecule has 2 unspecified atom stereocenters. The molecule has 0 aliphatic heterocycles. The molecule has 0 amide bonds. The minimum absolute atomic E-state index is 0.0901. The molecule has 19 heavy (non-hydrogen) atoms. The van der Waals surface area contributed by atoms with Crippen LogP contribution in [0.3, 0.4) is 0 Å². The second-order valence-corrected chi connectivity index (χ2v) is 6.93. The number of hydrogen-bond acceptors (Lipinski definition) is 4. The van der Waals surface area contributed by atoms with Crippen LogP contribution in [0, 0.1) is 0 Å². The van der Waals surface area contributed by atoms with E-state index < -0.39 is 15.9 Å². The van der Waals surface area contributed by atoms with E-state index in [2.05, 4.69) is 0 Å². The van der Waals surface area contributed by atoms with Gasteiger partial charge in [0, 0.05) is 0 Å². The molecule has 0 spiro atoms. The maximum atomic E-state index is 11.7. The van der Waals surface area contributed by atoms with Crippen molar-refractivity contribution in [1.29, 1.82) is 0 Å². The van der Waals surface area contributed by atoms with E-state index in [0.29, 0.717) is 11.3 Å². The van der Waals surface area contributed by atoms with E-state index in [4.69, 9.17) is 5.11 Å². The molecule has 0 fully saturated rings. The summed E-state index contributed by atoms with van der Waals surface area (Å²) in [6.45, 7) is 3.37. The van der Waals surface area contributed by atoms with Crippen molar-refractivity contribution in [3.05, 3.63) is 29.8 Å². The van der Waals surface area contributed by atoms with Gasteiger partial charge in [-0.2, -0.15) is 0 Å². The van der Waals surface area contributed by atoms with E-state index >= 15 is 0 Å². The van der Waals surface area contributed by atoms with Gasteiger partial charge in [0.25, 0.3) is 0 Å². The van der Waals surface area contributed by atoms with E-state index in [-0.39, 0.29) is 18.3 Å². The Balaban J connectivity index is 2.91. The molecule has 0 aromatic heterocycles. The lowest BCUT2D eigenvalue weighted by atomic mass is 9.91. The van der Waals surface area contributed by atoms with Gasteiger partial charge in [-0.15, -0.1) is 0 Å². The van der Waals surface area contributed by atoms with E-state index in [1.165, 1.54) is 0 Å². The molecule has 0 bridgehead atoms. The summed E-state index contributed by atoms with van der Waals surface area (Å²) in [4.78, 5) is 0.330. The van der Waals surface area contributed by atoms with Gasteiger partial charge in [-0.05, 0) is 36.5 Å². The molecule has 5 heteroatoms. The van der Waals surface area contributed by atoms with E-state index in [0.717, 1.165) is 12.0 Å². The van der Waals surface area contributed by atoms with Crippen LogP contribution in [0.2, 0.25) is 0 Å². The Morgan fingerprint density at radius 1 is 1.16 bits per heavy atom. The molecular weight excluding hydrogens is 264 g/mol. The van der Waals surface area contributed by atoms with Crippen LogP contribution in [0.25, 0.3) is 0 Å². The molecule has 1 rings (SSSR count). The van der Waals surface area contributed by atoms with Gasteiger partial charge in [0.15, 0.2) is 9.84 Å². The fourth-order valence-electron chi connectivity index (χ4n) is 2.06. The number of rotatable bonds is 7. The summed E-state index contributed by atoms with van der Waals surface area (Å²) in [5, 5.41) is 18.4. The standard InChI is InChI=1S/C14H22O4S/c1-3-11(9-13(16)10-15)12-5-7-14(8-6-12)19(17,18)4-2/h5-8,11,13,15-16H,3-4,9-10H2,1-2H3. The SMILES string of the molecule is CCC(CC(O)CO)c1ccc(S(=O)(=O)CC)cc1. The highest BCUT2D eigenvalue weighted by Crippen LogP contribution is 2.26. The predicted molar refractivity (Wildman–Crippen MR) is 74.9 cm³/mol. The van der Waals surface area contributed by atoms with Crippen molar-refractivity contribution in [3.63, 3.8) is 0 Å². The average molecular weight is 286 g/mol. The Bertz CT molecular complexity index is 479. The number of aliphatic hydroxyl groups is 2. The molecule has 1 aromatic rings. The van der Waals surface area contributed by atoms with Gasteiger partial charge in [0.1, 0.15) is 0 Å². The zero-order valence-corrected chi connectivity index (χ0v) is 12.2. The van der Waals surface area contributed by atoms with Crippen LogP contribution in [0.4, 0.5) is 0 Å². The highest BCUT2D eigenvalue weighted by Gasteiger charge is 2.16. The quantitative estimate of drug-likeness (QED) is 0.800. The van der Waals surface area contributed by atoms with Crippen molar-refractivity contribution in [1.82, 2.24) is 0 Å². The molecule has 0 radical (unpaired) electrons. The van der Waals surface area contributed by atoms with Crippen LogP contribution in [0.5, 0.6) is 0 Å². The molecule has 0 aliphatic carbocycles. The lowest BCUT2D eigenvalue weighted by Crippen LogP contribution is -2.16. The van der Waals surface area contributed by atoms with Crippen LogP contribution >= 0.6 is 0 Å². The topological polar surface area (TPSA) is 74.6 Å². The second-order valence-electron chi connectivity index (χ2n) is 4.65. The molecule has 1 aromatic carbocycles. The molecule has 2 N–H and O–H groups in total. The third kappa shape index (κ3) is 4.30. The summed E-state index contributed by atoms with van der Waals surface area (Å²) in [5.74, 6) is 0.216. The molecule has 0 aliphatic rings. The Hall–Kier alpha value is -0.910. The molecule has 2 atom stereocenters. The molecule has 0 saturated heterocycles. The highest BCUT2D eigenvalue weighted by molar-refractivity contribution is 7.91. The smallest absolute Gasteiger partial charge is 0.178 e. The summed E-state index contributed by atoms with van der Waals surface area (Å²) < 4.78 is 23.4. The lowest BCUT2D eigenvalue weighted by Gasteiger charge is -2.18. The van der Waals surface area contributed by atoms with Gasteiger partial charge < -0.3 is 10.2 Å². The fraction of sp³-hybridized carbons (Fsp3) is 0.571. The monoisotopic (exact) mass is 286 g/mol. The summed E-state index contributed by atoms with van der Waals surface area (Å²) in [7, 11) is -3.16. The highest BCUT2D eigenvalue weighted by atomic mass is 32.2. The van der Waals surface area contributed by atoms with Crippen LogP contribution in [-0.4, -0.2) is 37.1 Å². The van der Waals surface area contributed by atoms with Gasteiger partial charge in [0.05, 0.1) is 23.4 Å². The first kappa shape index (κ1) is 16.1. The average Bonchev–Trinajstić information content (AvgIpc) is 2.44. The predicted octanol–water partition coefficient (Wildman–Crippen LogP) is 1.72. The zero-order chi connectivity index (χ0) is 14.5. The Morgan fingerprint density at radius 3 is 2.16 bits per heavy atom. The minimum Gasteiger partial charge on any atom is -0.394 e. The Kier molecular flexibility index (Phi) is 5.97. The third-order valence-corrected chi connectivity index (χ3v) is 5.10. The largest absolute Gasteiger partial charge is 0.394 e. The number of hydrogen-bond donors (Lipinski definition) is 2. The van der Waals surface area contributed by atoms with Crippen LogP contribution < -0.4 is 0 Å². The fourth-order valence-corrected chi connectivity index (χ4v) is 2.94. The molecule has 0 saturated carbocycles. The summed E-state index contributed by atoms with van der Waals surface area (Å²) in [6, 6.07) is 6.81. The van der Waals surface area contributed by atoms with Crippen molar-refractivity contribution in [2.45, 2.75) is 43.6 Å². The van der Waals surface area contributed by atoms with Gasteiger partial charge in [-0.1, -0.05) is 26.0 Å². The summed E-state index contributed by atoms with van der Waals surface area (Å²) in [6.07, 6.45) is 0.577. The van der Waals surface area contributed by atoms with E-state index in [9.17, 15) is 13.5 Å². The van der Waals surface area contributed by atoms with Crippen LogP contribution in [0.15, 0.2) is 29.2 Å². The van der Waals surface area contributed by atoms with Gasteiger partial charge in [-0.25, -0.2) is 8.42 Å². The number of aliphatic hydroxyl groups excluding tert-OH is 2. The summed E-state index contributed by atoms with van der Waals surface area (Å²) in [5.41, 5.74) is 0.991. The maximum absolute atomic E-state index is 11.7. The first-order valence-electron chi connectivity index (χ1n) is 6.56. The molecule has 0 heterocycles. The van der Waals surface area contributed by atoms with Crippen molar-refractivity contribution in [2.75, 3.05) is 12.4 Å². The van der Waals surface area contributed by atoms with E-state index in [1.807, 2.05) is 6.92 Å².